The monoisotopic (exact) mass is 463 g/mol. The van der Waals surface area contributed by atoms with Crippen LogP contribution in [0.3, 0.4) is 0 Å². The van der Waals surface area contributed by atoms with E-state index in [0.29, 0.717) is 39.9 Å². The summed E-state index contributed by atoms with van der Waals surface area (Å²) in [5.74, 6) is -1.08. The summed E-state index contributed by atoms with van der Waals surface area (Å²) in [5.41, 5.74) is 1.68. The summed E-state index contributed by atoms with van der Waals surface area (Å²) in [5, 5.41) is 11.8. The number of nitrogens with zero attached hydrogens (tertiary/aromatic N) is 1. The highest BCUT2D eigenvalue weighted by atomic mass is 35.5. The Balaban J connectivity index is 2.17. The van der Waals surface area contributed by atoms with E-state index in [9.17, 15) is 14.7 Å². The summed E-state index contributed by atoms with van der Waals surface area (Å²) in [4.78, 5) is 27.3. The van der Waals surface area contributed by atoms with Crippen molar-refractivity contribution in [3.8, 4) is 5.75 Å². The van der Waals surface area contributed by atoms with E-state index >= 15 is 0 Å². The van der Waals surface area contributed by atoms with E-state index in [1.165, 1.54) is 4.90 Å². The highest BCUT2D eigenvalue weighted by molar-refractivity contribution is 6.47. The number of aliphatic hydroxyl groups is 1. The van der Waals surface area contributed by atoms with E-state index in [0.717, 1.165) is 5.56 Å². The van der Waals surface area contributed by atoms with Gasteiger partial charge in [-0.15, -0.1) is 0 Å². The van der Waals surface area contributed by atoms with Gasteiger partial charge in [0, 0.05) is 35.9 Å². The average Bonchev–Trinajstić information content (AvgIpc) is 2.98. The maximum Gasteiger partial charge on any atom is 0.295 e. The van der Waals surface area contributed by atoms with Gasteiger partial charge in [-0.05, 0) is 54.8 Å². The van der Waals surface area contributed by atoms with Crippen LogP contribution in [-0.2, 0) is 14.3 Å². The SMILES string of the molecule is COCCCN1C(=O)C(=O)C(=C(O)c2ccc(OC)c(C)c2)[C@@H]1c1ccc(Cl)cc1Cl. The molecule has 0 radical (unpaired) electrons. The summed E-state index contributed by atoms with van der Waals surface area (Å²) in [7, 11) is 3.11. The van der Waals surface area contributed by atoms with Gasteiger partial charge in [-0.25, -0.2) is 0 Å². The first kappa shape index (κ1) is 23.1. The molecule has 2 aromatic rings. The Morgan fingerprint density at radius 1 is 1.13 bits per heavy atom. The zero-order valence-electron chi connectivity index (χ0n) is 17.4. The van der Waals surface area contributed by atoms with E-state index in [1.54, 1.807) is 50.6 Å². The van der Waals surface area contributed by atoms with Crippen LogP contribution < -0.4 is 4.74 Å². The van der Waals surface area contributed by atoms with Gasteiger partial charge in [0.15, 0.2) is 0 Å². The fraction of sp³-hybridized carbons (Fsp3) is 0.304. The second-order valence-electron chi connectivity index (χ2n) is 7.19. The number of amides is 1. The Kier molecular flexibility index (Phi) is 7.26. The molecule has 1 aliphatic heterocycles. The number of carbonyl (C=O) groups excluding carboxylic acids is 2. The zero-order chi connectivity index (χ0) is 22.7. The van der Waals surface area contributed by atoms with Crippen molar-refractivity contribution < 1.29 is 24.2 Å². The highest BCUT2D eigenvalue weighted by Crippen LogP contribution is 2.42. The van der Waals surface area contributed by atoms with Gasteiger partial charge in [0.1, 0.15) is 11.5 Å². The number of halogens is 2. The van der Waals surface area contributed by atoms with Crippen molar-refractivity contribution in [1.29, 1.82) is 0 Å². The van der Waals surface area contributed by atoms with Gasteiger partial charge in [0.2, 0.25) is 0 Å². The molecule has 164 valence electrons. The summed E-state index contributed by atoms with van der Waals surface area (Å²) in [6.07, 6.45) is 0.521. The van der Waals surface area contributed by atoms with Crippen LogP contribution in [0, 0.1) is 6.92 Å². The maximum absolute atomic E-state index is 13.0. The number of hydrogen-bond donors (Lipinski definition) is 1. The van der Waals surface area contributed by atoms with Gasteiger partial charge in [0.25, 0.3) is 11.7 Å². The normalized spacial score (nSPS) is 18.0. The first-order valence-electron chi connectivity index (χ1n) is 9.67. The molecule has 1 amide bonds. The summed E-state index contributed by atoms with van der Waals surface area (Å²) < 4.78 is 10.3. The minimum Gasteiger partial charge on any atom is -0.507 e. The van der Waals surface area contributed by atoms with Gasteiger partial charge in [-0.1, -0.05) is 29.3 Å². The number of carbonyl (C=O) groups is 2. The Hall–Kier alpha value is -2.54. The van der Waals surface area contributed by atoms with Crippen molar-refractivity contribution in [3.05, 3.63) is 68.7 Å². The molecule has 1 atom stereocenters. The smallest absolute Gasteiger partial charge is 0.295 e. The second kappa shape index (κ2) is 9.73. The van der Waals surface area contributed by atoms with E-state index in [4.69, 9.17) is 32.7 Å². The molecule has 2 aromatic carbocycles. The van der Waals surface area contributed by atoms with Crippen molar-refractivity contribution >= 4 is 40.7 Å². The third kappa shape index (κ3) is 4.56. The molecule has 6 nitrogen and oxygen atoms in total. The van der Waals surface area contributed by atoms with Crippen molar-refractivity contribution in [1.82, 2.24) is 4.90 Å². The van der Waals surface area contributed by atoms with E-state index < -0.39 is 17.7 Å². The lowest BCUT2D eigenvalue weighted by atomic mass is 9.94. The minimum atomic E-state index is -0.843. The quantitative estimate of drug-likeness (QED) is 0.277. The van der Waals surface area contributed by atoms with Gasteiger partial charge in [-0.3, -0.25) is 9.59 Å². The van der Waals surface area contributed by atoms with E-state index in [-0.39, 0.29) is 17.9 Å². The lowest BCUT2D eigenvalue weighted by molar-refractivity contribution is -0.140. The first-order chi connectivity index (χ1) is 14.8. The van der Waals surface area contributed by atoms with Crippen LogP contribution in [-0.4, -0.2) is 49.1 Å². The Morgan fingerprint density at radius 3 is 2.48 bits per heavy atom. The van der Waals surface area contributed by atoms with E-state index in [1.807, 2.05) is 6.92 Å². The summed E-state index contributed by atoms with van der Waals surface area (Å²) in [6.45, 7) is 2.51. The van der Waals surface area contributed by atoms with Crippen molar-refractivity contribution in [2.75, 3.05) is 27.4 Å². The molecule has 1 heterocycles. The van der Waals surface area contributed by atoms with Gasteiger partial charge >= 0.3 is 0 Å². The summed E-state index contributed by atoms with van der Waals surface area (Å²) in [6, 6.07) is 9.04. The standard InChI is InChI=1S/C23H23Cl2NO5/c1-13-11-14(5-8-18(13)31-3)21(27)19-20(16-7-6-15(24)12-17(16)25)26(9-4-10-30-2)23(29)22(19)28/h5-8,11-12,20,27H,4,9-10H2,1-3H3/t20-/m0/s1. The Labute approximate surface area is 191 Å². The van der Waals surface area contributed by atoms with Crippen LogP contribution >= 0.6 is 23.2 Å². The molecule has 31 heavy (non-hydrogen) atoms. The average molecular weight is 464 g/mol. The van der Waals surface area contributed by atoms with Gasteiger partial charge < -0.3 is 19.5 Å². The molecule has 8 heteroatoms. The molecule has 1 aliphatic rings. The number of hydrogen-bond acceptors (Lipinski definition) is 5. The van der Waals surface area contributed by atoms with Crippen molar-refractivity contribution in [3.63, 3.8) is 0 Å². The lowest BCUT2D eigenvalue weighted by Gasteiger charge is -2.26. The fourth-order valence-electron chi connectivity index (χ4n) is 3.72. The first-order valence-corrected chi connectivity index (χ1v) is 10.4. The van der Waals surface area contributed by atoms with Crippen LogP contribution in [0.1, 0.15) is 29.2 Å². The molecule has 0 saturated carbocycles. The number of methoxy groups -OCH3 is 2. The Morgan fingerprint density at radius 2 is 1.87 bits per heavy atom. The molecule has 0 unspecified atom stereocenters. The number of ketones is 1. The largest absolute Gasteiger partial charge is 0.507 e. The maximum atomic E-state index is 13.0. The lowest BCUT2D eigenvalue weighted by Crippen LogP contribution is -2.31. The third-order valence-corrected chi connectivity index (χ3v) is 5.78. The number of benzene rings is 2. The van der Waals surface area contributed by atoms with Crippen LogP contribution in [0.15, 0.2) is 42.0 Å². The molecule has 1 saturated heterocycles. The number of ether oxygens (including phenoxy) is 2. The molecule has 0 aromatic heterocycles. The molecule has 3 rings (SSSR count). The number of rotatable bonds is 7. The predicted octanol–water partition coefficient (Wildman–Crippen LogP) is 4.77. The van der Waals surface area contributed by atoms with Gasteiger partial charge in [-0.2, -0.15) is 0 Å². The topological polar surface area (TPSA) is 76.1 Å². The molecule has 1 N–H and O–H groups in total. The minimum absolute atomic E-state index is 0.0174. The fourth-order valence-corrected chi connectivity index (χ4v) is 4.23. The highest BCUT2D eigenvalue weighted by Gasteiger charge is 2.46. The van der Waals surface area contributed by atoms with Gasteiger partial charge in [0.05, 0.1) is 18.7 Å². The zero-order valence-corrected chi connectivity index (χ0v) is 19.0. The molecule has 0 spiro atoms. The molecular formula is C23H23Cl2NO5. The van der Waals surface area contributed by atoms with Crippen LogP contribution in [0.2, 0.25) is 10.0 Å². The van der Waals surface area contributed by atoms with Crippen LogP contribution in [0.25, 0.3) is 5.76 Å². The van der Waals surface area contributed by atoms with Crippen molar-refractivity contribution in [2.45, 2.75) is 19.4 Å². The number of aliphatic hydroxyl groups excluding tert-OH is 1. The second-order valence-corrected chi connectivity index (χ2v) is 8.03. The molecule has 1 fully saturated rings. The number of Topliss-reactive ketones (excluding diaryl/α,β-unsaturated/α-hetero) is 1. The Bertz CT molecular complexity index is 1050. The van der Waals surface area contributed by atoms with Crippen molar-refractivity contribution in [2.24, 2.45) is 0 Å². The summed E-state index contributed by atoms with van der Waals surface area (Å²) >= 11 is 12.5. The van der Waals surface area contributed by atoms with Crippen LogP contribution in [0.5, 0.6) is 5.75 Å². The molecule has 0 bridgehead atoms. The van der Waals surface area contributed by atoms with Crippen LogP contribution in [0.4, 0.5) is 0 Å². The third-order valence-electron chi connectivity index (χ3n) is 5.21. The predicted molar refractivity (Wildman–Crippen MR) is 120 cm³/mol. The number of likely N-dealkylation sites (tertiary alicyclic amines) is 1. The number of aryl methyl sites for hydroxylation is 1. The molecule has 0 aliphatic carbocycles. The molecular weight excluding hydrogens is 441 g/mol. The van der Waals surface area contributed by atoms with E-state index in [2.05, 4.69) is 0 Å².